The Labute approximate surface area is 93.6 Å². The predicted octanol–water partition coefficient (Wildman–Crippen LogP) is 0.736. The van der Waals surface area contributed by atoms with Crippen molar-refractivity contribution in [1.82, 2.24) is 0 Å². The zero-order valence-electron chi connectivity index (χ0n) is 9.46. The Kier molecular flexibility index (Phi) is 3.50. The number of nitrogens with two attached hydrogens (primary N) is 1. The second-order valence-electron chi connectivity index (χ2n) is 3.38. The molecule has 1 aromatic rings. The maximum atomic E-state index is 11.1. The van der Waals surface area contributed by atoms with Crippen LogP contribution in [-0.4, -0.2) is 18.9 Å². The first-order chi connectivity index (χ1) is 7.47. The summed E-state index contributed by atoms with van der Waals surface area (Å²) in [4.78, 5) is 21.7. The van der Waals surface area contributed by atoms with E-state index < -0.39 is 11.8 Å². The fourth-order valence-electron chi connectivity index (χ4n) is 1.34. The van der Waals surface area contributed by atoms with Crippen molar-refractivity contribution in [3.63, 3.8) is 0 Å². The molecule has 0 atom stereocenters. The van der Waals surface area contributed by atoms with Gasteiger partial charge in [0.1, 0.15) is 5.75 Å². The summed E-state index contributed by atoms with van der Waals surface area (Å²) in [7, 11) is 1.57. The standard InChI is InChI=1S/C11H14N2O3/c1-6-7(2)9(16-3)5-4-8(6)13-11(15)10(12)14/h4-5H,1-3H3,(H2,12,14)(H,13,15). The van der Waals surface area contributed by atoms with Crippen molar-refractivity contribution < 1.29 is 14.3 Å². The molecule has 3 N–H and O–H groups in total. The quantitative estimate of drug-likeness (QED) is 0.724. The van der Waals surface area contributed by atoms with Crippen LogP contribution in [0.15, 0.2) is 12.1 Å². The van der Waals surface area contributed by atoms with Gasteiger partial charge in [0.25, 0.3) is 0 Å². The van der Waals surface area contributed by atoms with Crippen LogP contribution in [0.3, 0.4) is 0 Å². The van der Waals surface area contributed by atoms with Gasteiger partial charge >= 0.3 is 11.8 Å². The predicted molar refractivity (Wildman–Crippen MR) is 60.3 cm³/mol. The van der Waals surface area contributed by atoms with Gasteiger partial charge in [0.2, 0.25) is 0 Å². The molecule has 0 aliphatic rings. The highest BCUT2D eigenvalue weighted by Crippen LogP contribution is 2.26. The van der Waals surface area contributed by atoms with Gasteiger partial charge in [-0.3, -0.25) is 9.59 Å². The minimum atomic E-state index is -1.01. The van der Waals surface area contributed by atoms with Crippen molar-refractivity contribution in [3.05, 3.63) is 23.3 Å². The van der Waals surface area contributed by atoms with E-state index in [9.17, 15) is 9.59 Å². The lowest BCUT2D eigenvalue weighted by Gasteiger charge is -2.12. The monoisotopic (exact) mass is 222 g/mol. The van der Waals surface area contributed by atoms with Gasteiger partial charge in [-0.25, -0.2) is 0 Å². The molecule has 0 bridgehead atoms. The number of nitrogens with one attached hydrogen (secondary N) is 1. The van der Waals surface area contributed by atoms with Crippen LogP contribution in [-0.2, 0) is 9.59 Å². The second kappa shape index (κ2) is 4.65. The molecule has 5 nitrogen and oxygen atoms in total. The average molecular weight is 222 g/mol. The number of carbonyl (C=O) groups excluding carboxylic acids is 2. The van der Waals surface area contributed by atoms with E-state index in [1.54, 1.807) is 19.2 Å². The molecule has 0 heterocycles. The Bertz CT molecular complexity index is 441. The number of methoxy groups -OCH3 is 1. The summed E-state index contributed by atoms with van der Waals surface area (Å²) < 4.78 is 5.13. The van der Waals surface area contributed by atoms with Crippen molar-refractivity contribution in [2.75, 3.05) is 12.4 Å². The van der Waals surface area contributed by atoms with E-state index in [2.05, 4.69) is 5.32 Å². The summed E-state index contributed by atoms with van der Waals surface area (Å²) in [5.41, 5.74) is 7.16. The highest BCUT2D eigenvalue weighted by atomic mass is 16.5. The van der Waals surface area contributed by atoms with Crippen molar-refractivity contribution in [3.8, 4) is 5.75 Å². The molecule has 16 heavy (non-hydrogen) atoms. The van der Waals surface area contributed by atoms with E-state index in [0.29, 0.717) is 5.69 Å². The van der Waals surface area contributed by atoms with Gasteiger partial charge in [0.15, 0.2) is 0 Å². The maximum Gasteiger partial charge on any atom is 0.313 e. The third-order valence-corrected chi connectivity index (χ3v) is 2.43. The number of anilines is 1. The number of benzene rings is 1. The van der Waals surface area contributed by atoms with Crippen molar-refractivity contribution in [1.29, 1.82) is 0 Å². The lowest BCUT2D eigenvalue weighted by atomic mass is 10.1. The molecule has 0 aliphatic heterocycles. The van der Waals surface area contributed by atoms with Gasteiger partial charge in [-0.2, -0.15) is 0 Å². The van der Waals surface area contributed by atoms with Gasteiger partial charge in [0.05, 0.1) is 7.11 Å². The summed E-state index contributed by atoms with van der Waals surface area (Å²) in [6.07, 6.45) is 0. The molecule has 1 aromatic carbocycles. The highest BCUT2D eigenvalue weighted by molar-refractivity contribution is 6.39. The van der Waals surface area contributed by atoms with Gasteiger partial charge < -0.3 is 15.8 Å². The van der Waals surface area contributed by atoms with Crippen molar-refractivity contribution >= 4 is 17.5 Å². The smallest absolute Gasteiger partial charge is 0.313 e. The minimum Gasteiger partial charge on any atom is -0.496 e. The summed E-state index contributed by atoms with van der Waals surface area (Å²) in [5, 5.41) is 2.43. The number of amides is 2. The van der Waals surface area contributed by atoms with Crippen LogP contribution >= 0.6 is 0 Å². The van der Waals surface area contributed by atoms with Crippen LogP contribution in [0.2, 0.25) is 0 Å². The molecule has 0 spiro atoms. The van der Waals surface area contributed by atoms with Gasteiger partial charge in [-0.1, -0.05) is 0 Å². The first-order valence-corrected chi connectivity index (χ1v) is 4.72. The Morgan fingerprint density at radius 2 is 1.88 bits per heavy atom. The van der Waals surface area contributed by atoms with Crippen LogP contribution in [0, 0.1) is 13.8 Å². The molecule has 0 fully saturated rings. The summed E-state index contributed by atoms with van der Waals surface area (Å²) in [6.45, 7) is 3.70. The van der Waals surface area contributed by atoms with Gasteiger partial charge in [-0.05, 0) is 37.1 Å². The number of carbonyl (C=O) groups is 2. The summed E-state index contributed by atoms with van der Waals surface area (Å²) in [5.74, 6) is -1.10. The Hall–Kier alpha value is -2.04. The van der Waals surface area contributed by atoms with Gasteiger partial charge in [0, 0.05) is 5.69 Å². The molecule has 5 heteroatoms. The normalized spacial score (nSPS) is 9.69. The fourth-order valence-corrected chi connectivity index (χ4v) is 1.34. The Morgan fingerprint density at radius 3 is 2.38 bits per heavy atom. The largest absolute Gasteiger partial charge is 0.496 e. The second-order valence-corrected chi connectivity index (χ2v) is 3.38. The van der Waals surface area contributed by atoms with E-state index >= 15 is 0 Å². The number of ether oxygens (including phenoxy) is 1. The number of hydrogen-bond acceptors (Lipinski definition) is 3. The number of primary amides is 1. The summed E-state index contributed by atoms with van der Waals surface area (Å²) >= 11 is 0. The Balaban J connectivity index is 3.04. The van der Waals surface area contributed by atoms with E-state index in [4.69, 9.17) is 10.5 Å². The highest BCUT2D eigenvalue weighted by Gasteiger charge is 2.12. The van der Waals surface area contributed by atoms with Crippen LogP contribution in [0.4, 0.5) is 5.69 Å². The first kappa shape index (κ1) is 12.0. The number of hydrogen-bond donors (Lipinski definition) is 2. The number of rotatable bonds is 2. The lowest BCUT2D eigenvalue weighted by molar-refractivity contribution is -0.134. The lowest BCUT2D eigenvalue weighted by Crippen LogP contribution is -2.29. The van der Waals surface area contributed by atoms with E-state index in [0.717, 1.165) is 16.9 Å². The molecule has 0 saturated carbocycles. The maximum absolute atomic E-state index is 11.1. The first-order valence-electron chi connectivity index (χ1n) is 4.72. The van der Waals surface area contributed by atoms with Gasteiger partial charge in [-0.15, -0.1) is 0 Å². The van der Waals surface area contributed by atoms with Crippen LogP contribution in [0.25, 0.3) is 0 Å². The topological polar surface area (TPSA) is 81.4 Å². The molecule has 0 unspecified atom stereocenters. The van der Waals surface area contributed by atoms with E-state index in [1.165, 1.54) is 0 Å². The SMILES string of the molecule is COc1ccc(NC(=O)C(N)=O)c(C)c1C. The summed E-state index contributed by atoms with van der Waals surface area (Å²) in [6, 6.07) is 3.39. The minimum absolute atomic E-state index is 0.558. The molecule has 2 amide bonds. The van der Waals surface area contributed by atoms with Crippen molar-refractivity contribution in [2.24, 2.45) is 5.73 Å². The fraction of sp³-hybridized carbons (Fsp3) is 0.273. The van der Waals surface area contributed by atoms with Crippen LogP contribution in [0.5, 0.6) is 5.75 Å². The van der Waals surface area contributed by atoms with E-state index in [-0.39, 0.29) is 0 Å². The third kappa shape index (κ3) is 2.31. The molecule has 0 radical (unpaired) electrons. The molecular formula is C11H14N2O3. The third-order valence-electron chi connectivity index (χ3n) is 2.43. The average Bonchev–Trinajstić information content (AvgIpc) is 2.25. The van der Waals surface area contributed by atoms with Crippen LogP contribution in [0.1, 0.15) is 11.1 Å². The molecule has 86 valence electrons. The zero-order valence-corrected chi connectivity index (χ0v) is 9.46. The van der Waals surface area contributed by atoms with Crippen molar-refractivity contribution in [2.45, 2.75) is 13.8 Å². The Morgan fingerprint density at radius 1 is 1.25 bits per heavy atom. The molecule has 1 rings (SSSR count). The molecule has 0 aliphatic carbocycles. The zero-order chi connectivity index (χ0) is 12.3. The molecule has 0 aromatic heterocycles. The molecular weight excluding hydrogens is 208 g/mol. The van der Waals surface area contributed by atoms with E-state index in [1.807, 2.05) is 13.8 Å². The molecule has 0 saturated heterocycles. The van der Waals surface area contributed by atoms with Crippen LogP contribution < -0.4 is 15.8 Å².